The van der Waals surface area contributed by atoms with Gasteiger partial charge >= 0.3 is 0 Å². The van der Waals surface area contributed by atoms with Gasteiger partial charge in [-0.3, -0.25) is 4.79 Å². The Kier molecular flexibility index (Phi) is 4.24. The summed E-state index contributed by atoms with van der Waals surface area (Å²) < 4.78 is 13.4. The zero-order valence-electron chi connectivity index (χ0n) is 12.6. The number of halogens is 1. The largest absolute Gasteiger partial charge is 0.334 e. The molecule has 114 valence electrons. The van der Waals surface area contributed by atoms with Gasteiger partial charge in [-0.05, 0) is 69.3 Å². The smallest absolute Gasteiger partial charge is 0.254 e. The fourth-order valence-electron chi connectivity index (χ4n) is 3.61. The number of hydrogen-bond acceptors (Lipinski definition) is 2. The number of carbonyl (C=O) groups is 1. The molecule has 1 aromatic carbocycles. The van der Waals surface area contributed by atoms with E-state index in [2.05, 4.69) is 5.32 Å². The molecule has 3 rings (SSSR count). The standard InChI is InChI=1S/C17H23FN2O/c1-12-11-13(7-8-14(12)18)17(21)20-10-3-2-6-16(20)15-5-4-9-19-15/h7-8,11,15-16,19H,2-6,9-10H2,1H3. The molecule has 2 fully saturated rings. The van der Waals surface area contributed by atoms with E-state index in [0.717, 1.165) is 32.4 Å². The average molecular weight is 290 g/mol. The van der Waals surface area contributed by atoms with Gasteiger partial charge < -0.3 is 10.2 Å². The van der Waals surface area contributed by atoms with Crippen molar-refractivity contribution < 1.29 is 9.18 Å². The molecule has 0 spiro atoms. The molecule has 1 N–H and O–H groups in total. The quantitative estimate of drug-likeness (QED) is 0.908. The third-order valence-corrected chi connectivity index (χ3v) is 4.78. The normalized spacial score (nSPS) is 26.1. The summed E-state index contributed by atoms with van der Waals surface area (Å²) in [7, 11) is 0. The van der Waals surface area contributed by atoms with E-state index in [-0.39, 0.29) is 11.7 Å². The Bertz CT molecular complexity index is 526. The maximum absolute atomic E-state index is 13.4. The molecule has 0 radical (unpaired) electrons. The number of hydrogen-bond donors (Lipinski definition) is 1. The summed E-state index contributed by atoms with van der Waals surface area (Å²) in [4.78, 5) is 14.8. The van der Waals surface area contributed by atoms with E-state index in [1.807, 2.05) is 4.90 Å². The summed E-state index contributed by atoms with van der Waals surface area (Å²) >= 11 is 0. The molecular formula is C17H23FN2O. The van der Waals surface area contributed by atoms with Crippen LogP contribution in [0.25, 0.3) is 0 Å². The topological polar surface area (TPSA) is 32.3 Å². The van der Waals surface area contributed by atoms with Crippen molar-refractivity contribution in [1.82, 2.24) is 10.2 Å². The van der Waals surface area contributed by atoms with E-state index >= 15 is 0 Å². The van der Waals surface area contributed by atoms with E-state index in [1.54, 1.807) is 19.1 Å². The van der Waals surface area contributed by atoms with Crippen LogP contribution in [0, 0.1) is 12.7 Å². The van der Waals surface area contributed by atoms with Gasteiger partial charge in [0.1, 0.15) is 5.82 Å². The molecule has 2 heterocycles. The molecule has 1 amide bonds. The molecule has 2 aliphatic rings. The van der Waals surface area contributed by atoms with Gasteiger partial charge in [0.15, 0.2) is 0 Å². The Morgan fingerprint density at radius 2 is 2.14 bits per heavy atom. The van der Waals surface area contributed by atoms with Crippen molar-refractivity contribution >= 4 is 5.91 Å². The summed E-state index contributed by atoms with van der Waals surface area (Å²) in [5, 5.41) is 3.53. The predicted octanol–water partition coefficient (Wildman–Crippen LogP) is 2.88. The number of aryl methyl sites for hydroxylation is 1. The molecule has 0 aromatic heterocycles. The molecule has 2 saturated heterocycles. The SMILES string of the molecule is Cc1cc(C(=O)N2CCCCC2C2CCCN2)ccc1F. The molecule has 0 saturated carbocycles. The van der Waals surface area contributed by atoms with Crippen molar-refractivity contribution in [2.24, 2.45) is 0 Å². The first kappa shape index (κ1) is 14.5. The van der Waals surface area contributed by atoms with Gasteiger partial charge in [0.05, 0.1) is 0 Å². The molecule has 2 unspecified atom stereocenters. The predicted molar refractivity (Wildman–Crippen MR) is 80.8 cm³/mol. The average Bonchev–Trinajstić information content (AvgIpc) is 3.03. The molecule has 3 nitrogen and oxygen atoms in total. The minimum Gasteiger partial charge on any atom is -0.334 e. The van der Waals surface area contributed by atoms with Crippen LogP contribution in [0.5, 0.6) is 0 Å². The molecule has 1 aromatic rings. The fraction of sp³-hybridized carbons (Fsp3) is 0.588. The highest BCUT2D eigenvalue weighted by Gasteiger charge is 2.34. The number of nitrogens with zero attached hydrogens (tertiary/aromatic N) is 1. The first-order chi connectivity index (χ1) is 10.2. The molecular weight excluding hydrogens is 267 g/mol. The van der Waals surface area contributed by atoms with E-state index in [9.17, 15) is 9.18 Å². The minimum atomic E-state index is -0.251. The van der Waals surface area contributed by atoms with Crippen LogP contribution in [0.4, 0.5) is 4.39 Å². The molecule has 21 heavy (non-hydrogen) atoms. The van der Waals surface area contributed by atoms with Crippen LogP contribution in [-0.4, -0.2) is 36.0 Å². The summed E-state index contributed by atoms with van der Waals surface area (Å²) in [5.74, 6) is -0.198. The molecule has 4 heteroatoms. The number of piperidine rings is 1. The first-order valence-electron chi connectivity index (χ1n) is 7.97. The Hall–Kier alpha value is -1.42. The summed E-state index contributed by atoms with van der Waals surface area (Å²) in [5.41, 5.74) is 1.15. The van der Waals surface area contributed by atoms with E-state index < -0.39 is 0 Å². The fourth-order valence-corrected chi connectivity index (χ4v) is 3.61. The van der Waals surface area contributed by atoms with E-state index in [4.69, 9.17) is 0 Å². The lowest BCUT2D eigenvalue weighted by atomic mass is 9.93. The number of rotatable bonds is 2. The van der Waals surface area contributed by atoms with Crippen molar-refractivity contribution in [2.75, 3.05) is 13.1 Å². The van der Waals surface area contributed by atoms with Crippen molar-refractivity contribution in [3.63, 3.8) is 0 Å². The third kappa shape index (κ3) is 2.95. The molecule has 0 bridgehead atoms. The van der Waals surface area contributed by atoms with Gasteiger partial charge in [0.25, 0.3) is 5.91 Å². The summed E-state index contributed by atoms with van der Waals surface area (Å²) in [6.45, 7) is 3.58. The lowest BCUT2D eigenvalue weighted by Gasteiger charge is -2.39. The van der Waals surface area contributed by atoms with Crippen LogP contribution in [0.2, 0.25) is 0 Å². The highest BCUT2D eigenvalue weighted by Crippen LogP contribution is 2.26. The number of carbonyl (C=O) groups excluding carboxylic acids is 1. The Balaban J connectivity index is 1.81. The highest BCUT2D eigenvalue weighted by atomic mass is 19.1. The van der Waals surface area contributed by atoms with Crippen molar-refractivity contribution in [1.29, 1.82) is 0 Å². The van der Waals surface area contributed by atoms with Gasteiger partial charge in [-0.15, -0.1) is 0 Å². The van der Waals surface area contributed by atoms with Crippen LogP contribution >= 0.6 is 0 Å². The van der Waals surface area contributed by atoms with Gasteiger partial charge in [0, 0.05) is 24.2 Å². The van der Waals surface area contributed by atoms with Crippen molar-refractivity contribution in [3.8, 4) is 0 Å². The maximum Gasteiger partial charge on any atom is 0.254 e. The van der Waals surface area contributed by atoms with Crippen LogP contribution in [0.1, 0.15) is 48.0 Å². The Labute approximate surface area is 125 Å². The van der Waals surface area contributed by atoms with Crippen LogP contribution < -0.4 is 5.32 Å². The van der Waals surface area contributed by atoms with Gasteiger partial charge in [-0.1, -0.05) is 0 Å². The minimum absolute atomic E-state index is 0.0523. The van der Waals surface area contributed by atoms with Crippen LogP contribution in [-0.2, 0) is 0 Å². The zero-order valence-corrected chi connectivity index (χ0v) is 12.6. The lowest BCUT2D eigenvalue weighted by molar-refractivity contribution is 0.0563. The molecule has 2 aliphatic heterocycles. The number of amides is 1. The summed E-state index contributed by atoms with van der Waals surface area (Å²) in [6.07, 6.45) is 5.67. The van der Waals surface area contributed by atoms with Crippen molar-refractivity contribution in [3.05, 3.63) is 35.1 Å². The van der Waals surface area contributed by atoms with Gasteiger partial charge in [-0.25, -0.2) is 4.39 Å². The Morgan fingerprint density at radius 1 is 1.29 bits per heavy atom. The third-order valence-electron chi connectivity index (χ3n) is 4.78. The maximum atomic E-state index is 13.4. The van der Waals surface area contributed by atoms with E-state index in [0.29, 0.717) is 23.2 Å². The summed E-state index contributed by atoms with van der Waals surface area (Å²) in [6, 6.07) is 5.40. The van der Waals surface area contributed by atoms with Gasteiger partial charge in [-0.2, -0.15) is 0 Å². The highest BCUT2D eigenvalue weighted by molar-refractivity contribution is 5.94. The second-order valence-corrected chi connectivity index (χ2v) is 6.23. The first-order valence-corrected chi connectivity index (χ1v) is 7.97. The Morgan fingerprint density at radius 3 is 2.86 bits per heavy atom. The zero-order chi connectivity index (χ0) is 14.8. The van der Waals surface area contributed by atoms with Crippen LogP contribution in [0.15, 0.2) is 18.2 Å². The second kappa shape index (κ2) is 6.14. The number of nitrogens with one attached hydrogen (secondary N) is 1. The monoisotopic (exact) mass is 290 g/mol. The van der Waals surface area contributed by atoms with E-state index in [1.165, 1.54) is 18.9 Å². The van der Waals surface area contributed by atoms with Gasteiger partial charge in [0.2, 0.25) is 0 Å². The molecule has 0 aliphatic carbocycles. The lowest BCUT2D eigenvalue weighted by Crippen LogP contribution is -2.52. The number of likely N-dealkylation sites (tertiary alicyclic amines) is 1. The molecule has 2 atom stereocenters. The number of benzene rings is 1. The van der Waals surface area contributed by atoms with Crippen LogP contribution in [0.3, 0.4) is 0 Å². The second-order valence-electron chi connectivity index (χ2n) is 6.23. The van der Waals surface area contributed by atoms with Crippen molar-refractivity contribution in [2.45, 2.75) is 51.1 Å².